The minimum Gasteiger partial charge on any atom is -0.308 e. The Morgan fingerprint density at radius 2 is 1.89 bits per heavy atom. The summed E-state index contributed by atoms with van der Waals surface area (Å²) in [7, 11) is 0. The maximum Gasteiger partial charge on any atom is 0.0837 e. The van der Waals surface area contributed by atoms with Crippen LogP contribution >= 0.6 is 0 Å². The molecule has 0 aliphatic rings. The van der Waals surface area contributed by atoms with E-state index in [0.29, 0.717) is 6.54 Å². The lowest BCUT2D eigenvalue weighted by atomic mass is 10.00. The monoisotopic (exact) mass is 251 g/mol. The highest BCUT2D eigenvalue weighted by molar-refractivity contribution is 5.25. The second kappa shape index (κ2) is 6.67. The second-order valence-corrected chi connectivity index (χ2v) is 4.51. The zero-order valence-corrected chi connectivity index (χ0v) is 11.0. The lowest BCUT2D eigenvalue weighted by molar-refractivity contribution is 0.556. The van der Waals surface area contributed by atoms with Gasteiger partial charge in [0.1, 0.15) is 0 Å². The fourth-order valence-electron chi connectivity index (χ4n) is 1.97. The topological polar surface area (TPSA) is 48.7 Å². The number of benzene rings is 1. The van der Waals surface area contributed by atoms with Gasteiger partial charge in [-0.3, -0.25) is 4.98 Å². The molecule has 0 spiro atoms. The smallest absolute Gasteiger partial charge is 0.0837 e. The molecule has 1 heterocycles. The van der Waals surface area contributed by atoms with Gasteiger partial charge in [-0.1, -0.05) is 36.4 Å². The van der Waals surface area contributed by atoms with Gasteiger partial charge in [-0.05, 0) is 24.1 Å². The van der Waals surface area contributed by atoms with Crippen LogP contribution in [0.4, 0.5) is 0 Å². The van der Waals surface area contributed by atoms with Crippen LogP contribution in [0.25, 0.3) is 0 Å². The Morgan fingerprint density at radius 1 is 1.16 bits per heavy atom. The van der Waals surface area contributed by atoms with Gasteiger partial charge < -0.3 is 5.32 Å². The van der Waals surface area contributed by atoms with Gasteiger partial charge in [0.15, 0.2) is 0 Å². The van der Waals surface area contributed by atoms with Gasteiger partial charge in [0.25, 0.3) is 0 Å². The van der Waals surface area contributed by atoms with Crippen LogP contribution < -0.4 is 5.32 Å². The summed E-state index contributed by atoms with van der Waals surface area (Å²) in [6, 6.07) is 16.4. The Morgan fingerprint density at radius 3 is 2.53 bits per heavy atom. The Balaban J connectivity index is 1.96. The Bertz CT molecular complexity index is 531. The van der Waals surface area contributed by atoms with Crippen molar-refractivity contribution in [3.05, 3.63) is 66.0 Å². The highest BCUT2D eigenvalue weighted by Crippen LogP contribution is 2.16. The third kappa shape index (κ3) is 3.64. The van der Waals surface area contributed by atoms with Crippen molar-refractivity contribution in [2.24, 2.45) is 0 Å². The van der Waals surface area contributed by atoms with Crippen LogP contribution in [0.15, 0.2) is 54.9 Å². The van der Waals surface area contributed by atoms with Gasteiger partial charge in [0, 0.05) is 25.0 Å². The van der Waals surface area contributed by atoms with Crippen LogP contribution in [0, 0.1) is 11.3 Å². The third-order valence-electron chi connectivity index (χ3n) is 3.17. The molecule has 0 amide bonds. The third-order valence-corrected chi connectivity index (χ3v) is 3.17. The molecule has 1 aromatic heterocycles. The van der Waals surface area contributed by atoms with E-state index >= 15 is 0 Å². The zero-order chi connectivity index (χ0) is 13.5. The van der Waals surface area contributed by atoms with Crippen LogP contribution in [-0.4, -0.2) is 11.5 Å². The number of nitriles is 1. The van der Waals surface area contributed by atoms with Crippen LogP contribution in [0.3, 0.4) is 0 Å². The summed E-state index contributed by atoms with van der Waals surface area (Å²) in [6.07, 6.45) is 3.61. The Hall–Kier alpha value is -2.18. The van der Waals surface area contributed by atoms with Crippen molar-refractivity contribution in [3.8, 4) is 6.07 Å². The summed E-state index contributed by atoms with van der Waals surface area (Å²) in [5.41, 5.74) is 2.18. The molecule has 0 saturated carbocycles. The molecule has 1 N–H and O–H groups in total. The highest BCUT2D eigenvalue weighted by Gasteiger charge is 2.12. The van der Waals surface area contributed by atoms with E-state index < -0.39 is 0 Å². The fraction of sp³-hybridized carbons (Fsp3) is 0.250. The molecular weight excluding hydrogens is 234 g/mol. The van der Waals surface area contributed by atoms with Crippen molar-refractivity contribution in [2.75, 3.05) is 6.54 Å². The van der Waals surface area contributed by atoms with Crippen LogP contribution in [0.5, 0.6) is 0 Å². The maximum absolute atomic E-state index is 9.26. The number of hydrogen-bond acceptors (Lipinski definition) is 3. The largest absolute Gasteiger partial charge is 0.308 e. The molecule has 96 valence electrons. The Kier molecular flexibility index (Phi) is 4.66. The molecule has 2 rings (SSSR count). The maximum atomic E-state index is 9.26. The zero-order valence-electron chi connectivity index (χ0n) is 11.0. The molecular formula is C16H17N3. The van der Waals surface area contributed by atoms with Crippen molar-refractivity contribution in [1.82, 2.24) is 10.3 Å². The molecule has 1 unspecified atom stereocenters. The number of hydrogen-bond donors (Lipinski definition) is 1. The minimum atomic E-state index is -0.125. The Labute approximate surface area is 113 Å². The minimum absolute atomic E-state index is 0.125. The van der Waals surface area contributed by atoms with Crippen LogP contribution in [0.1, 0.15) is 30.0 Å². The number of nitrogens with one attached hydrogen (secondary N) is 1. The van der Waals surface area contributed by atoms with Crippen molar-refractivity contribution in [1.29, 1.82) is 5.26 Å². The number of aromatic nitrogens is 1. The summed E-state index contributed by atoms with van der Waals surface area (Å²) in [5, 5.41) is 12.6. The van der Waals surface area contributed by atoms with E-state index in [4.69, 9.17) is 0 Å². The summed E-state index contributed by atoms with van der Waals surface area (Å²) in [4.78, 5) is 4.11. The second-order valence-electron chi connectivity index (χ2n) is 4.51. The predicted octanol–water partition coefficient (Wildman–Crippen LogP) is 3.04. The number of pyridine rings is 1. The average molecular weight is 251 g/mol. The molecule has 0 fully saturated rings. The van der Waals surface area contributed by atoms with Crippen molar-refractivity contribution in [3.63, 3.8) is 0 Å². The van der Waals surface area contributed by atoms with E-state index in [0.717, 1.165) is 11.1 Å². The van der Waals surface area contributed by atoms with Crippen molar-refractivity contribution >= 4 is 0 Å². The van der Waals surface area contributed by atoms with Crippen LogP contribution in [0.2, 0.25) is 0 Å². The molecule has 0 bridgehead atoms. The van der Waals surface area contributed by atoms with Gasteiger partial charge in [-0.15, -0.1) is 0 Å². The van der Waals surface area contributed by atoms with E-state index in [1.165, 1.54) is 0 Å². The molecule has 1 aromatic carbocycles. The first kappa shape index (κ1) is 13.3. The summed E-state index contributed by atoms with van der Waals surface area (Å²) in [5.74, 6) is -0.125. The molecule has 2 atom stereocenters. The van der Waals surface area contributed by atoms with E-state index in [9.17, 15) is 5.26 Å². The van der Waals surface area contributed by atoms with E-state index in [-0.39, 0.29) is 12.0 Å². The van der Waals surface area contributed by atoms with Gasteiger partial charge in [0.2, 0.25) is 0 Å². The standard InChI is InChI=1S/C16H17N3/c1-13(15-8-5-9-18-11-15)19-12-16(10-17)14-6-3-2-4-7-14/h2-9,11,13,16,19H,12H2,1H3/t13-,16?/m0/s1. The highest BCUT2D eigenvalue weighted by atomic mass is 14.9. The number of rotatable bonds is 5. The van der Waals surface area contributed by atoms with E-state index in [1.54, 1.807) is 6.20 Å². The molecule has 0 aliphatic heterocycles. The molecule has 3 nitrogen and oxygen atoms in total. The first-order valence-electron chi connectivity index (χ1n) is 6.39. The normalized spacial score (nSPS) is 13.5. The van der Waals surface area contributed by atoms with Crippen LogP contribution in [-0.2, 0) is 0 Å². The van der Waals surface area contributed by atoms with Crippen molar-refractivity contribution in [2.45, 2.75) is 18.9 Å². The lowest BCUT2D eigenvalue weighted by Crippen LogP contribution is -2.24. The van der Waals surface area contributed by atoms with E-state index in [2.05, 4.69) is 23.3 Å². The SMILES string of the molecule is C[C@H](NCC(C#N)c1ccccc1)c1cccnc1. The molecule has 3 heteroatoms. The molecule has 0 saturated heterocycles. The molecule has 2 aromatic rings. The van der Waals surface area contributed by atoms with Crippen molar-refractivity contribution < 1.29 is 0 Å². The molecule has 19 heavy (non-hydrogen) atoms. The van der Waals surface area contributed by atoms with Gasteiger partial charge in [0.05, 0.1) is 12.0 Å². The van der Waals surface area contributed by atoms with E-state index in [1.807, 2.05) is 48.7 Å². The average Bonchev–Trinajstić information content (AvgIpc) is 2.49. The first-order valence-corrected chi connectivity index (χ1v) is 6.39. The fourth-order valence-corrected chi connectivity index (χ4v) is 1.97. The predicted molar refractivity (Wildman–Crippen MR) is 75.5 cm³/mol. The molecule has 0 radical (unpaired) electrons. The number of nitrogens with zero attached hydrogens (tertiary/aromatic N) is 2. The molecule has 0 aliphatic carbocycles. The quantitative estimate of drug-likeness (QED) is 0.888. The van der Waals surface area contributed by atoms with Gasteiger partial charge in [-0.2, -0.15) is 5.26 Å². The summed E-state index contributed by atoms with van der Waals surface area (Å²) < 4.78 is 0. The lowest BCUT2D eigenvalue weighted by Gasteiger charge is -2.16. The summed E-state index contributed by atoms with van der Waals surface area (Å²) in [6.45, 7) is 2.72. The summed E-state index contributed by atoms with van der Waals surface area (Å²) >= 11 is 0. The van der Waals surface area contributed by atoms with Gasteiger partial charge in [-0.25, -0.2) is 0 Å². The van der Waals surface area contributed by atoms with Gasteiger partial charge >= 0.3 is 0 Å². The first-order chi connectivity index (χ1) is 9.31.